The molecule has 1 heterocycles. The first-order valence-corrected chi connectivity index (χ1v) is 7.26. The summed E-state index contributed by atoms with van der Waals surface area (Å²) in [5.74, 6) is 0. The average Bonchev–Trinajstić information content (AvgIpc) is 2.33. The van der Waals surface area contributed by atoms with E-state index in [0.29, 0.717) is 12.1 Å². The van der Waals surface area contributed by atoms with Crippen LogP contribution in [0.1, 0.15) is 34.1 Å². The van der Waals surface area contributed by atoms with Crippen LogP contribution in [0.5, 0.6) is 0 Å². The van der Waals surface area contributed by atoms with Crippen molar-refractivity contribution in [3.8, 4) is 0 Å². The molecule has 0 bridgehead atoms. The van der Waals surface area contributed by atoms with Crippen LogP contribution in [0.15, 0.2) is 0 Å². The van der Waals surface area contributed by atoms with Gasteiger partial charge in [-0.3, -0.25) is 4.90 Å². The molecule has 1 saturated heterocycles. The van der Waals surface area contributed by atoms with E-state index in [9.17, 15) is 0 Å². The normalized spacial score (nSPS) is 22.0. The quantitative estimate of drug-likeness (QED) is 0.669. The smallest absolute Gasteiger partial charge is 0.0935 e. The first kappa shape index (κ1) is 15.9. The van der Waals surface area contributed by atoms with Gasteiger partial charge in [-0.15, -0.1) is 0 Å². The summed E-state index contributed by atoms with van der Waals surface area (Å²) in [5, 5.41) is 3.39. The molecule has 1 aliphatic heterocycles. The van der Waals surface area contributed by atoms with Crippen molar-refractivity contribution in [2.45, 2.75) is 52.3 Å². The van der Waals surface area contributed by atoms with Gasteiger partial charge in [-0.1, -0.05) is 13.8 Å². The summed E-state index contributed by atoms with van der Waals surface area (Å²) >= 11 is 0. The summed E-state index contributed by atoms with van der Waals surface area (Å²) < 4.78 is 11.4. The van der Waals surface area contributed by atoms with Crippen LogP contribution in [0.2, 0.25) is 0 Å². The van der Waals surface area contributed by atoms with Crippen molar-refractivity contribution in [1.82, 2.24) is 10.2 Å². The minimum Gasteiger partial charge on any atom is -0.379 e. The van der Waals surface area contributed by atoms with Crippen molar-refractivity contribution in [1.29, 1.82) is 0 Å². The fourth-order valence-corrected chi connectivity index (χ4v) is 2.09. The zero-order valence-electron chi connectivity index (χ0n) is 12.4. The molecule has 1 rings (SSSR count). The van der Waals surface area contributed by atoms with Crippen LogP contribution in [-0.4, -0.2) is 62.5 Å². The lowest BCUT2D eigenvalue weighted by Crippen LogP contribution is -2.47. The van der Waals surface area contributed by atoms with Gasteiger partial charge in [0.2, 0.25) is 0 Å². The second kappa shape index (κ2) is 8.86. The molecule has 0 spiro atoms. The van der Waals surface area contributed by atoms with Gasteiger partial charge in [0.15, 0.2) is 0 Å². The van der Waals surface area contributed by atoms with Gasteiger partial charge in [0.25, 0.3) is 0 Å². The highest BCUT2D eigenvalue weighted by Crippen LogP contribution is 2.09. The van der Waals surface area contributed by atoms with Gasteiger partial charge in [0, 0.05) is 31.8 Å². The highest BCUT2D eigenvalue weighted by molar-refractivity contribution is 4.73. The third kappa shape index (κ3) is 6.69. The Labute approximate surface area is 112 Å². The fraction of sp³-hybridized carbons (Fsp3) is 1.00. The summed E-state index contributed by atoms with van der Waals surface area (Å²) in [6.45, 7) is 14.3. The average molecular weight is 258 g/mol. The number of hydrogen-bond donors (Lipinski definition) is 1. The molecular formula is C14H30N2O2. The Kier molecular flexibility index (Phi) is 7.82. The third-order valence-electron chi connectivity index (χ3n) is 3.22. The zero-order chi connectivity index (χ0) is 13.4. The maximum atomic E-state index is 5.72. The van der Waals surface area contributed by atoms with E-state index in [1.807, 2.05) is 0 Å². The van der Waals surface area contributed by atoms with Crippen LogP contribution in [0.4, 0.5) is 0 Å². The molecule has 0 aromatic carbocycles. The molecule has 1 unspecified atom stereocenters. The van der Waals surface area contributed by atoms with Gasteiger partial charge < -0.3 is 14.8 Å². The van der Waals surface area contributed by atoms with E-state index in [1.54, 1.807) is 0 Å². The van der Waals surface area contributed by atoms with Gasteiger partial charge in [-0.05, 0) is 26.8 Å². The molecular weight excluding hydrogens is 228 g/mol. The van der Waals surface area contributed by atoms with Crippen LogP contribution < -0.4 is 5.32 Å². The van der Waals surface area contributed by atoms with Crippen LogP contribution >= 0.6 is 0 Å². The highest BCUT2D eigenvalue weighted by Gasteiger charge is 2.21. The van der Waals surface area contributed by atoms with E-state index in [2.05, 4.69) is 37.9 Å². The third-order valence-corrected chi connectivity index (χ3v) is 3.22. The van der Waals surface area contributed by atoms with Crippen molar-refractivity contribution < 1.29 is 9.47 Å². The van der Waals surface area contributed by atoms with Crippen LogP contribution in [-0.2, 0) is 9.47 Å². The van der Waals surface area contributed by atoms with Gasteiger partial charge in [0.1, 0.15) is 0 Å². The maximum Gasteiger partial charge on any atom is 0.0935 e. The SMILES string of the molecule is CC(C)NCCCOCC1CN(C(C)C)CCO1. The number of ether oxygens (including phenoxy) is 2. The molecule has 0 aromatic rings. The Morgan fingerprint density at radius 1 is 1.33 bits per heavy atom. The van der Waals surface area contributed by atoms with E-state index in [0.717, 1.165) is 45.9 Å². The topological polar surface area (TPSA) is 33.7 Å². The molecule has 0 saturated carbocycles. The molecule has 1 fully saturated rings. The summed E-state index contributed by atoms with van der Waals surface area (Å²) in [6, 6.07) is 1.16. The molecule has 1 atom stereocenters. The van der Waals surface area contributed by atoms with Gasteiger partial charge in [-0.25, -0.2) is 0 Å². The van der Waals surface area contributed by atoms with E-state index in [-0.39, 0.29) is 6.10 Å². The summed E-state index contributed by atoms with van der Waals surface area (Å²) in [5.41, 5.74) is 0. The van der Waals surface area contributed by atoms with Crippen LogP contribution in [0, 0.1) is 0 Å². The van der Waals surface area contributed by atoms with Crippen LogP contribution in [0.25, 0.3) is 0 Å². The summed E-state index contributed by atoms with van der Waals surface area (Å²) in [6.07, 6.45) is 1.32. The minimum absolute atomic E-state index is 0.249. The predicted molar refractivity (Wildman–Crippen MR) is 75.0 cm³/mol. The number of nitrogens with one attached hydrogen (secondary N) is 1. The van der Waals surface area contributed by atoms with Gasteiger partial charge in [0.05, 0.1) is 19.3 Å². The van der Waals surface area contributed by atoms with E-state index >= 15 is 0 Å². The van der Waals surface area contributed by atoms with Crippen molar-refractivity contribution >= 4 is 0 Å². The first-order chi connectivity index (χ1) is 8.59. The fourth-order valence-electron chi connectivity index (χ4n) is 2.09. The lowest BCUT2D eigenvalue weighted by molar-refractivity contribution is -0.0760. The molecule has 1 N–H and O–H groups in total. The molecule has 0 aromatic heterocycles. The summed E-state index contributed by atoms with van der Waals surface area (Å²) in [4.78, 5) is 2.46. The molecule has 108 valence electrons. The Morgan fingerprint density at radius 3 is 2.78 bits per heavy atom. The second-order valence-corrected chi connectivity index (χ2v) is 5.62. The van der Waals surface area contributed by atoms with E-state index in [1.165, 1.54) is 0 Å². The molecule has 4 nitrogen and oxygen atoms in total. The molecule has 0 amide bonds. The Balaban J connectivity index is 2.01. The van der Waals surface area contributed by atoms with Crippen molar-refractivity contribution in [3.05, 3.63) is 0 Å². The number of morpholine rings is 1. The number of rotatable bonds is 8. The lowest BCUT2D eigenvalue weighted by atomic mass is 10.2. The molecule has 0 aliphatic carbocycles. The number of nitrogens with zero attached hydrogens (tertiary/aromatic N) is 1. The van der Waals surface area contributed by atoms with Crippen molar-refractivity contribution in [2.24, 2.45) is 0 Å². The molecule has 4 heteroatoms. The monoisotopic (exact) mass is 258 g/mol. The number of hydrogen-bond acceptors (Lipinski definition) is 4. The highest BCUT2D eigenvalue weighted by atomic mass is 16.5. The first-order valence-electron chi connectivity index (χ1n) is 7.26. The standard InChI is InChI=1S/C14H30N2O2/c1-12(2)15-6-5-8-17-11-14-10-16(13(3)4)7-9-18-14/h12-15H,5-11H2,1-4H3. The van der Waals surface area contributed by atoms with E-state index in [4.69, 9.17) is 9.47 Å². The van der Waals surface area contributed by atoms with Gasteiger partial charge in [-0.2, -0.15) is 0 Å². The minimum atomic E-state index is 0.249. The Morgan fingerprint density at radius 2 is 2.11 bits per heavy atom. The maximum absolute atomic E-state index is 5.72. The Hall–Kier alpha value is -0.160. The largest absolute Gasteiger partial charge is 0.379 e. The second-order valence-electron chi connectivity index (χ2n) is 5.62. The Bertz CT molecular complexity index is 210. The van der Waals surface area contributed by atoms with Crippen molar-refractivity contribution in [2.75, 3.05) is 39.5 Å². The van der Waals surface area contributed by atoms with E-state index < -0.39 is 0 Å². The molecule has 1 aliphatic rings. The predicted octanol–water partition coefficient (Wildman–Crippen LogP) is 1.50. The van der Waals surface area contributed by atoms with Crippen LogP contribution in [0.3, 0.4) is 0 Å². The lowest BCUT2D eigenvalue weighted by Gasteiger charge is -2.35. The summed E-state index contributed by atoms with van der Waals surface area (Å²) in [7, 11) is 0. The zero-order valence-corrected chi connectivity index (χ0v) is 12.4. The van der Waals surface area contributed by atoms with Gasteiger partial charge >= 0.3 is 0 Å². The molecule has 18 heavy (non-hydrogen) atoms. The van der Waals surface area contributed by atoms with Crippen molar-refractivity contribution in [3.63, 3.8) is 0 Å². The molecule has 0 radical (unpaired) electrons.